The highest BCUT2D eigenvalue weighted by molar-refractivity contribution is 7.92. The Morgan fingerprint density at radius 2 is 1.79 bits per heavy atom. The quantitative estimate of drug-likeness (QED) is 0.395. The molecule has 1 N–H and O–H groups in total. The molecule has 0 amide bonds. The van der Waals surface area contributed by atoms with Crippen molar-refractivity contribution in [2.45, 2.75) is 11.9 Å². The monoisotopic (exact) mass is 486 g/mol. The van der Waals surface area contributed by atoms with Crippen molar-refractivity contribution >= 4 is 15.8 Å². The third-order valence-electron chi connectivity index (χ3n) is 4.30. The predicted molar refractivity (Wildman–Crippen MR) is 125 cm³/mol. The average molecular weight is 487 g/mol. The maximum Gasteiger partial charge on any atom is 0.280 e. The van der Waals surface area contributed by atoms with Gasteiger partial charge in [0, 0.05) is 24.1 Å². The van der Waals surface area contributed by atoms with Crippen LogP contribution in [0.15, 0.2) is 72.1 Å². The first-order valence-electron chi connectivity index (χ1n) is 13.0. The van der Waals surface area contributed by atoms with Crippen molar-refractivity contribution in [3.05, 3.63) is 72.6 Å². The first kappa shape index (κ1) is 15.6. The van der Waals surface area contributed by atoms with Crippen LogP contribution < -0.4 is 18.9 Å². The Balaban J connectivity index is 2.02. The molecule has 0 radical (unpaired) electrons. The van der Waals surface area contributed by atoms with E-state index < -0.39 is 75.4 Å². The Morgan fingerprint density at radius 1 is 1.03 bits per heavy atom. The lowest BCUT2D eigenvalue weighted by Gasteiger charge is -2.17. The number of anilines is 1. The lowest BCUT2D eigenvalue weighted by atomic mass is 10.2. The molecule has 0 aliphatic rings. The number of hydrogen-bond donors (Lipinski definition) is 1. The fourth-order valence-electron chi connectivity index (χ4n) is 2.72. The van der Waals surface area contributed by atoms with Crippen molar-refractivity contribution in [2.75, 3.05) is 18.9 Å². The number of ether oxygens (including phenoxy) is 3. The Morgan fingerprint density at radius 3 is 2.47 bits per heavy atom. The second kappa shape index (κ2) is 9.71. The molecule has 0 fully saturated rings. The first-order chi connectivity index (χ1) is 19.2. The zero-order chi connectivity index (χ0) is 30.1. The molecule has 0 unspecified atom stereocenters. The molecule has 0 saturated carbocycles. The van der Waals surface area contributed by atoms with Crippen LogP contribution in [0.1, 0.15) is 15.2 Å². The van der Waals surface area contributed by atoms with Crippen LogP contribution >= 0.6 is 0 Å². The second-order valence-electron chi connectivity index (χ2n) is 6.62. The Hall–Kier alpha value is -4.25. The number of aromatic nitrogens is 4. The molecular formula is C23H21N5O5S. The minimum absolute atomic E-state index is 0.00353. The summed E-state index contributed by atoms with van der Waals surface area (Å²) in [6.07, 6.45) is -0.0668. The summed E-state index contributed by atoms with van der Waals surface area (Å²) in [6.45, 7) is 1.71. The fourth-order valence-corrected chi connectivity index (χ4v) is 3.65. The number of rotatable bonds is 8. The van der Waals surface area contributed by atoms with Crippen molar-refractivity contribution in [3.8, 4) is 34.5 Å². The van der Waals surface area contributed by atoms with Crippen molar-refractivity contribution in [1.29, 1.82) is 0 Å². The fraction of sp³-hybridized carbons (Fsp3) is 0.130. The SMILES string of the molecule is [2H]c1nc([2H])c([2H])c(-c2nc(NS(=O)(=O)c3ccc(C)cn3)c(Oc3ccccc3OC)c(OC([2H])([2H])[2H])n2)c1[2H]. The average Bonchev–Trinajstić information content (AvgIpc) is 2.89. The van der Waals surface area contributed by atoms with Crippen LogP contribution in [-0.4, -0.2) is 42.5 Å². The number of pyridine rings is 2. The van der Waals surface area contributed by atoms with Gasteiger partial charge in [0.25, 0.3) is 15.9 Å². The van der Waals surface area contributed by atoms with Gasteiger partial charge in [0.1, 0.15) is 0 Å². The van der Waals surface area contributed by atoms with Gasteiger partial charge in [-0.15, -0.1) is 0 Å². The van der Waals surface area contributed by atoms with Gasteiger partial charge in [-0.25, -0.2) is 9.97 Å². The smallest absolute Gasteiger partial charge is 0.280 e. The highest BCUT2D eigenvalue weighted by Crippen LogP contribution is 2.41. The van der Waals surface area contributed by atoms with Crippen LogP contribution in [0.5, 0.6) is 23.1 Å². The van der Waals surface area contributed by atoms with Gasteiger partial charge in [-0.2, -0.15) is 13.4 Å². The van der Waals surface area contributed by atoms with Crippen molar-refractivity contribution in [2.24, 2.45) is 0 Å². The van der Waals surface area contributed by atoms with Crippen LogP contribution in [0.4, 0.5) is 5.82 Å². The van der Waals surface area contributed by atoms with E-state index in [0.29, 0.717) is 5.56 Å². The molecule has 10 nitrogen and oxygen atoms in total. The van der Waals surface area contributed by atoms with Gasteiger partial charge in [0.05, 0.1) is 23.7 Å². The lowest BCUT2D eigenvalue weighted by molar-refractivity contribution is 0.348. The third-order valence-corrected chi connectivity index (χ3v) is 5.55. The van der Waals surface area contributed by atoms with Crippen molar-refractivity contribution < 1.29 is 32.2 Å². The van der Waals surface area contributed by atoms with E-state index in [1.165, 1.54) is 37.6 Å². The van der Waals surface area contributed by atoms with Crippen LogP contribution in [0.3, 0.4) is 0 Å². The largest absolute Gasteiger partial charge is 0.493 e. The van der Waals surface area contributed by atoms with Gasteiger partial charge in [-0.3, -0.25) is 9.71 Å². The lowest BCUT2D eigenvalue weighted by Crippen LogP contribution is -2.17. The Labute approximate surface area is 206 Å². The van der Waals surface area contributed by atoms with Gasteiger partial charge in [0.15, 0.2) is 28.2 Å². The minimum Gasteiger partial charge on any atom is -0.493 e. The molecule has 3 aromatic heterocycles. The second-order valence-corrected chi connectivity index (χ2v) is 8.25. The highest BCUT2D eigenvalue weighted by Gasteiger charge is 2.25. The summed E-state index contributed by atoms with van der Waals surface area (Å²) in [5.74, 6) is -2.48. The molecule has 34 heavy (non-hydrogen) atoms. The predicted octanol–water partition coefficient (Wildman–Crippen LogP) is 3.85. The summed E-state index contributed by atoms with van der Waals surface area (Å²) in [7, 11) is -6.28. The molecule has 4 rings (SSSR count). The normalized spacial score (nSPS) is 14.4. The van der Waals surface area contributed by atoms with Crippen molar-refractivity contribution in [1.82, 2.24) is 19.9 Å². The number of hydrogen-bond acceptors (Lipinski definition) is 9. The summed E-state index contributed by atoms with van der Waals surface area (Å²) >= 11 is 0. The summed E-state index contributed by atoms with van der Waals surface area (Å²) < 4.78 is 100. The van der Waals surface area contributed by atoms with Crippen LogP contribution in [-0.2, 0) is 10.0 Å². The maximum atomic E-state index is 13.3. The number of aryl methyl sites for hydroxylation is 1. The molecule has 0 saturated heterocycles. The molecular weight excluding hydrogens is 458 g/mol. The number of para-hydroxylation sites is 2. The van der Waals surface area contributed by atoms with Gasteiger partial charge in [0.2, 0.25) is 5.75 Å². The van der Waals surface area contributed by atoms with Gasteiger partial charge in [-0.1, -0.05) is 18.2 Å². The molecule has 174 valence electrons. The van der Waals surface area contributed by atoms with E-state index in [1.54, 1.807) is 19.1 Å². The van der Waals surface area contributed by atoms with E-state index in [9.17, 15) is 8.42 Å². The molecule has 4 aromatic rings. The van der Waals surface area contributed by atoms with E-state index in [-0.39, 0.29) is 11.5 Å². The number of nitrogens with one attached hydrogen (secondary N) is 1. The zero-order valence-corrected chi connectivity index (χ0v) is 18.6. The molecule has 3 heterocycles. The number of methoxy groups -OCH3 is 2. The van der Waals surface area contributed by atoms with E-state index in [0.717, 1.165) is 0 Å². The summed E-state index contributed by atoms with van der Waals surface area (Å²) in [4.78, 5) is 15.5. The maximum absolute atomic E-state index is 13.3. The van der Waals surface area contributed by atoms with Gasteiger partial charge in [-0.05, 0) is 42.8 Å². The summed E-state index contributed by atoms with van der Waals surface area (Å²) in [5.41, 5.74) is 0.186. The van der Waals surface area contributed by atoms with Gasteiger partial charge >= 0.3 is 0 Å². The molecule has 0 aliphatic heterocycles. The number of benzene rings is 1. The summed E-state index contributed by atoms with van der Waals surface area (Å²) in [5, 5.41) is -0.419. The zero-order valence-electron chi connectivity index (χ0n) is 24.8. The number of sulfonamides is 1. The summed E-state index contributed by atoms with van der Waals surface area (Å²) in [6, 6.07) is 7.56. The standard InChI is InChI=1S/C23H21N5O5S/c1-15-8-9-19(25-14-15)34(29,30)28-22-20(33-18-7-5-4-6-17(18)31-2)23(32-3)27-21(26-22)16-10-12-24-13-11-16/h4-14H,1-3H3,(H,26,27,28)/i3D3,10D,11D,12D,13D. The Bertz CT molecular complexity index is 1700. The molecule has 0 spiro atoms. The first-order valence-corrected chi connectivity index (χ1v) is 11.0. The number of nitrogens with zero attached hydrogens (tertiary/aromatic N) is 4. The molecule has 1 aromatic carbocycles. The topological polar surface area (TPSA) is 125 Å². The van der Waals surface area contributed by atoms with E-state index in [2.05, 4.69) is 24.7 Å². The van der Waals surface area contributed by atoms with Gasteiger partial charge < -0.3 is 14.2 Å². The van der Waals surface area contributed by atoms with E-state index >= 15 is 0 Å². The van der Waals surface area contributed by atoms with Crippen molar-refractivity contribution in [3.63, 3.8) is 0 Å². The Kier molecular flexibility index (Phi) is 4.44. The van der Waals surface area contributed by atoms with E-state index in [1.807, 2.05) is 0 Å². The van der Waals surface area contributed by atoms with Crippen LogP contribution in [0.25, 0.3) is 11.4 Å². The van der Waals surface area contributed by atoms with Crippen LogP contribution in [0, 0.1) is 6.92 Å². The third kappa shape index (κ3) is 4.89. The van der Waals surface area contributed by atoms with Crippen LogP contribution in [0.2, 0.25) is 0 Å². The van der Waals surface area contributed by atoms with E-state index in [4.69, 9.17) is 23.8 Å². The minimum atomic E-state index is -4.50. The molecule has 0 aliphatic carbocycles. The molecule has 0 atom stereocenters. The molecule has 11 heteroatoms. The highest BCUT2D eigenvalue weighted by atomic mass is 32.2. The molecule has 0 bridgehead atoms.